The molecule has 0 bridgehead atoms. The predicted octanol–water partition coefficient (Wildman–Crippen LogP) is 4.70. The molecule has 3 aromatic carbocycles. The van der Waals surface area contributed by atoms with E-state index in [9.17, 15) is 18.4 Å². The fraction of sp³-hybridized carbons (Fsp3) is 0.308. The van der Waals surface area contributed by atoms with E-state index in [0.717, 1.165) is 0 Å². The molecule has 2 amide bonds. The number of carbonyl (C=O) groups is 2. The lowest BCUT2D eigenvalue weighted by Gasteiger charge is -2.33. The topological polar surface area (TPSA) is 102 Å². The van der Waals surface area contributed by atoms with Crippen molar-refractivity contribution in [3.63, 3.8) is 0 Å². The maximum atomic E-state index is 12.7. The van der Waals surface area contributed by atoms with Crippen LogP contribution in [0.5, 0.6) is 0 Å². The molecule has 0 radical (unpaired) electrons. The van der Waals surface area contributed by atoms with Gasteiger partial charge >= 0.3 is 6.09 Å². The summed E-state index contributed by atoms with van der Waals surface area (Å²) in [5, 5.41) is 4.32. The zero-order valence-electron chi connectivity index (χ0n) is 19.9. The van der Waals surface area contributed by atoms with E-state index in [1.54, 1.807) is 57.2 Å². The van der Waals surface area contributed by atoms with Gasteiger partial charge in [0, 0.05) is 46.4 Å². The predicted molar refractivity (Wildman–Crippen MR) is 136 cm³/mol. The van der Waals surface area contributed by atoms with E-state index in [4.69, 9.17) is 4.74 Å². The van der Waals surface area contributed by atoms with Crippen molar-refractivity contribution in [1.29, 1.82) is 0 Å². The highest BCUT2D eigenvalue weighted by Crippen LogP contribution is 2.35. The number of fused-ring (bicyclic) bond motifs is 1. The van der Waals surface area contributed by atoms with E-state index < -0.39 is 29.0 Å². The first kappa shape index (κ1) is 24.7. The van der Waals surface area contributed by atoms with Gasteiger partial charge in [-0.1, -0.05) is 42.5 Å². The van der Waals surface area contributed by atoms with Crippen molar-refractivity contribution in [3.05, 3.63) is 72.3 Å². The Labute approximate surface area is 207 Å². The summed E-state index contributed by atoms with van der Waals surface area (Å²) in [7, 11) is 0. The van der Waals surface area contributed by atoms with Gasteiger partial charge in [-0.3, -0.25) is 13.3 Å². The number of ether oxygens (including phenoxy) is 1. The molecular formula is C26H28N3O5S-. The zero-order chi connectivity index (χ0) is 25.2. The molecule has 3 aromatic rings. The number of hydrogen-bond donors (Lipinski definition) is 1. The molecule has 9 heteroatoms. The molecule has 4 rings (SSSR count). The van der Waals surface area contributed by atoms with Crippen molar-refractivity contribution in [2.24, 2.45) is 0 Å². The quantitative estimate of drug-likeness (QED) is 0.518. The second kappa shape index (κ2) is 10.1. The molecule has 8 nitrogen and oxygen atoms in total. The van der Waals surface area contributed by atoms with Gasteiger partial charge < -0.3 is 19.5 Å². The third-order valence-corrected chi connectivity index (χ3v) is 6.55. The number of rotatable bonds is 5. The van der Waals surface area contributed by atoms with Crippen molar-refractivity contribution in [1.82, 2.24) is 4.90 Å². The summed E-state index contributed by atoms with van der Waals surface area (Å²) in [6.45, 7) is 6.01. The average molecular weight is 495 g/mol. The van der Waals surface area contributed by atoms with Gasteiger partial charge in [0.15, 0.2) is 0 Å². The highest BCUT2D eigenvalue weighted by atomic mass is 32.2. The van der Waals surface area contributed by atoms with E-state index in [1.165, 1.54) is 9.21 Å². The molecule has 184 valence electrons. The highest BCUT2D eigenvalue weighted by molar-refractivity contribution is 7.80. The summed E-state index contributed by atoms with van der Waals surface area (Å²) in [4.78, 5) is 26.8. The molecular weight excluding hydrogens is 466 g/mol. The van der Waals surface area contributed by atoms with Gasteiger partial charge in [-0.25, -0.2) is 4.79 Å². The van der Waals surface area contributed by atoms with E-state index in [0.29, 0.717) is 40.7 Å². The summed E-state index contributed by atoms with van der Waals surface area (Å²) >= 11 is -2.58. The van der Waals surface area contributed by atoms with Crippen molar-refractivity contribution in [3.8, 4) is 0 Å². The maximum absolute atomic E-state index is 12.7. The third-order valence-electron chi connectivity index (χ3n) is 5.73. The minimum atomic E-state index is -2.58. The first-order valence-electron chi connectivity index (χ1n) is 11.4. The summed E-state index contributed by atoms with van der Waals surface area (Å²) in [6.07, 6.45) is 0.0223. The fourth-order valence-electron chi connectivity index (χ4n) is 4.19. The number of benzene rings is 3. The second-order valence-electron chi connectivity index (χ2n) is 9.41. The molecule has 2 atom stereocenters. The average Bonchev–Trinajstić information content (AvgIpc) is 3.30. The van der Waals surface area contributed by atoms with Gasteiger partial charge in [-0.15, -0.1) is 0 Å². The van der Waals surface area contributed by atoms with Crippen LogP contribution in [-0.2, 0) is 16.0 Å². The Morgan fingerprint density at radius 1 is 1.03 bits per heavy atom. The van der Waals surface area contributed by atoms with E-state index in [2.05, 4.69) is 5.32 Å². The number of nitrogens with zero attached hydrogens (tertiary/aromatic N) is 2. The van der Waals surface area contributed by atoms with Crippen LogP contribution in [0.1, 0.15) is 37.6 Å². The van der Waals surface area contributed by atoms with E-state index in [-0.39, 0.29) is 12.5 Å². The Bertz CT molecular complexity index is 1260. The van der Waals surface area contributed by atoms with Gasteiger partial charge in [0.1, 0.15) is 5.60 Å². The number of hydrogen-bond acceptors (Lipinski definition) is 5. The number of anilines is 2. The van der Waals surface area contributed by atoms with Gasteiger partial charge in [-0.2, -0.15) is 0 Å². The van der Waals surface area contributed by atoms with Crippen LogP contribution in [0, 0.1) is 0 Å². The number of likely N-dealkylation sites (tertiary alicyclic amines) is 1. The lowest BCUT2D eigenvalue weighted by atomic mass is 10.1. The van der Waals surface area contributed by atoms with Crippen LogP contribution in [0.15, 0.2) is 66.7 Å². The summed E-state index contributed by atoms with van der Waals surface area (Å²) < 4.78 is 31.6. The standard InChI is InChI=1S/C26H29N3O5S/c1-26(2,3)34-25(31)28-16-15-19(17-28)29(35(32)33)23-14-13-22(20-11-7-8-12-21(20)23)27-24(30)18-9-5-4-6-10-18/h4-14,19H,15-17H2,1-3H3,(H,27,30)(H,32,33)/p-1. The molecule has 1 aliphatic rings. The normalized spacial score (nSPS) is 16.7. The minimum absolute atomic E-state index is 0.226. The fourth-order valence-corrected chi connectivity index (χ4v) is 4.93. The first-order valence-corrected chi connectivity index (χ1v) is 12.4. The molecule has 1 heterocycles. The molecule has 2 unspecified atom stereocenters. The summed E-state index contributed by atoms with van der Waals surface area (Å²) in [5.41, 5.74) is 0.961. The molecule has 1 aliphatic heterocycles. The second-order valence-corrected chi connectivity index (χ2v) is 10.2. The molecule has 1 fully saturated rings. The van der Waals surface area contributed by atoms with Gasteiger partial charge in [-0.05, 0) is 51.5 Å². The Morgan fingerprint density at radius 3 is 2.34 bits per heavy atom. The first-order chi connectivity index (χ1) is 16.6. The number of carbonyl (C=O) groups excluding carboxylic acids is 2. The molecule has 0 aliphatic carbocycles. The molecule has 0 saturated carbocycles. The lowest BCUT2D eigenvalue weighted by molar-refractivity contribution is 0.0293. The van der Waals surface area contributed by atoms with Crippen LogP contribution in [0.25, 0.3) is 10.8 Å². The third kappa shape index (κ3) is 5.63. The highest BCUT2D eigenvalue weighted by Gasteiger charge is 2.34. The van der Waals surface area contributed by atoms with Crippen molar-refractivity contribution >= 4 is 45.4 Å². The Balaban J connectivity index is 1.63. The van der Waals surface area contributed by atoms with Gasteiger partial charge in [0.25, 0.3) is 5.91 Å². The summed E-state index contributed by atoms with van der Waals surface area (Å²) in [6, 6.07) is 19.2. The van der Waals surface area contributed by atoms with Crippen LogP contribution in [0.2, 0.25) is 0 Å². The van der Waals surface area contributed by atoms with Gasteiger partial charge in [0.2, 0.25) is 0 Å². The Hall–Kier alpha value is -3.43. The van der Waals surface area contributed by atoms with Crippen molar-refractivity contribution in [2.45, 2.75) is 38.8 Å². The van der Waals surface area contributed by atoms with Gasteiger partial charge in [0.05, 0.1) is 11.7 Å². The van der Waals surface area contributed by atoms with Crippen molar-refractivity contribution in [2.75, 3.05) is 22.7 Å². The zero-order valence-corrected chi connectivity index (χ0v) is 20.7. The number of nitrogens with one attached hydrogen (secondary N) is 1. The van der Waals surface area contributed by atoms with Crippen LogP contribution in [0.3, 0.4) is 0 Å². The number of amides is 2. The molecule has 1 N–H and O–H groups in total. The monoisotopic (exact) mass is 494 g/mol. The maximum Gasteiger partial charge on any atom is 0.410 e. The lowest BCUT2D eigenvalue weighted by Crippen LogP contribution is -2.41. The molecule has 1 saturated heterocycles. The van der Waals surface area contributed by atoms with Crippen LogP contribution < -0.4 is 9.62 Å². The van der Waals surface area contributed by atoms with E-state index >= 15 is 0 Å². The van der Waals surface area contributed by atoms with E-state index in [1.807, 2.05) is 30.3 Å². The molecule has 35 heavy (non-hydrogen) atoms. The SMILES string of the molecule is CC(C)(C)OC(=O)N1CCC(N(c2ccc(NC(=O)c3ccccc3)c3ccccc23)S(=O)[O-])C1. The van der Waals surface area contributed by atoms with Crippen molar-refractivity contribution < 1.29 is 23.1 Å². The smallest absolute Gasteiger partial charge is 0.410 e. The van der Waals surface area contributed by atoms with Crippen LogP contribution in [-0.4, -0.2) is 50.4 Å². The summed E-state index contributed by atoms with van der Waals surface area (Å²) in [5.74, 6) is -0.253. The van der Waals surface area contributed by atoms with Crippen LogP contribution in [0.4, 0.5) is 16.2 Å². The minimum Gasteiger partial charge on any atom is -0.755 e. The molecule has 0 spiro atoms. The molecule has 0 aromatic heterocycles. The van der Waals surface area contributed by atoms with Crippen LogP contribution >= 0.6 is 0 Å². The Morgan fingerprint density at radius 2 is 1.69 bits per heavy atom. The Kier molecular flexibility index (Phi) is 7.09. The largest absolute Gasteiger partial charge is 0.755 e.